The number of likely N-dealkylation sites (N-methyl/N-ethyl adjacent to an activating group) is 1. The average Bonchev–Trinajstić information content (AvgIpc) is 2.29. The van der Waals surface area contributed by atoms with E-state index in [0.29, 0.717) is 12.1 Å². The van der Waals surface area contributed by atoms with E-state index in [0.717, 1.165) is 19.2 Å². The summed E-state index contributed by atoms with van der Waals surface area (Å²) >= 11 is 0. The zero-order valence-corrected chi connectivity index (χ0v) is 12.0. The number of ether oxygens (including phenoxy) is 1. The fourth-order valence-corrected chi connectivity index (χ4v) is 2.37. The smallest absolute Gasteiger partial charge is 0.0596 e. The minimum absolute atomic E-state index is 0.346. The van der Waals surface area contributed by atoms with Crippen LogP contribution in [0.25, 0.3) is 0 Å². The Balaban J connectivity index is 2.14. The van der Waals surface area contributed by atoms with Gasteiger partial charge in [-0.3, -0.25) is 0 Å². The molecular weight excluding hydrogens is 212 g/mol. The van der Waals surface area contributed by atoms with E-state index < -0.39 is 0 Å². The predicted molar refractivity (Wildman–Crippen MR) is 73.4 cm³/mol. The van der Waals surface area contributed by atoms with Crippen LogP contribution in [0.5, 0.6) is 0 Å². The van der Waals surface area contributed by atoms with Crippen molar-refractivity contribution in [1.29, 1.82) is 0 Å². The molecule has 0 radical (unpaired) electrons. The van der Waals surface area contributed by atoms with Crippen LogP contribution in [-0.4, -0.2) is 49.8 Å². The van der Waals surface area contributed by atoms with Gasteiger partial charge in [-0.1, -0.05) is 6.42 Å². The molecule has 1 saturated heterocycles. The zero-order valence-electron chi connectivity index (χ0n) is 12.0. The fraction of sp³-hybridized carbons (Fsp3) is 1.00. The van der Waals surface area contributed by atoms with Gasteiger partial charge in [0, 0.05) is 18.6 Å². The monoisotopic (exact) mass is 242 g/mol. The molecule has 0 bridgehead atoms. The maximum atomic E-state index is 5.60. The lowest BCUT2D eigenvalue weighted by Crippen LogP contribution is -2.41. The molecule has 102 valence electrons. The van der Waals surface area contributed by atoms with Crippen LogP contribution in [0.2, 0.25) is 0 Å². The Morgan fingerprint density at radius 2 is 2.06 bits per heavy atom. The van der Waals surface area contributed by atoms with Gasteiger partial charge in [0.1, 0.15) is 0 Å². The summed E-state index contributed by atoms with van der Waals surface area (Å²) in [6.45, 7) is 9.59. The number of hydrogen-bond donors (Lipinski definition) is 1. The third-order valence-corrected chi connectivity index (χ3v) is 3.69. The van der Waals surface area contributed by atoms with E-state index in [1.807, 2.05) is 0 Å². The molecule has 0 amide bonds. The molecule has 1 N–H and O–H groups in total. The van der Waals surface area contributed by atoms with Gasteiger partial charge in [-0.05, 0) is 53.6 Å². The van der Waals surface area contributed by atoms with E-state index in [2.05, 4.69) is 38.0 Å². The van der Waals surface area contributed by atoms with Crippen molar-refractivity contribution in [3.05, 3.63) is 0 Å². The van der Waals surface area contributed by atoms with Crippen molar-refractivity contribution in [1.82, 2.24) is 10.2 Å². The van der Waals surface area contributed by atoms with Gasteiger partial charge < -0.3 is 15.0 Å². The zero-order chi connectivity index (χ0) is 12.7. The highest BCUT2D eigenvalue weighted by molar-refractivity contribution is 4.77. The summed E-state index contributed by atoms with van der Waals surface area (Å²) in [7, 11) is 2.21. The maximum Gasteiger partial charge on any atom is 0.0596 e. The van der Waals surface area contributed by atoms with Crippen molar-refractivity contribution < 1.29 is 4.74 Å². The van der Waals surface area contributed by atoms with Crippen LogP contribution in [0.1, 0.15) is 46.5 Å². The van der Waals surface area contributed by atoms with Crippen molar-refractivity contribution in [3.63, 3.8) is 0 Å². The molecule has 0 aromatic carbocycles. The summed E-state index contributed by atoms with van der Waals surface area (Å²) < 4.78 is 5.60. The molecule has 1 aliphatic heterocycles. The lowest BCUT2D eigenvalue weighted by atomic mass is 9.98. The molecule has 0 aromatic rings. The Bertz CT molecular complexity index is 191. The molecule has 1 aliphatic rings. The third-order valence-electron chi connectivity index (χ3n) is 3.69. The quantitative estimate of drug-likeness (QED) is 0.741. The summed E-state index contributed by atoms with van der Waals surface area (Å²) in [6, 6.07) is 1.37. The van der Waals surface area contributed by atoms with Crippen molar-refractivity contribution in [3.8, 4) is 0 Å². The summed E-state index contributed by atoms with van der Waals surface area (Å²) in [6.07, 6.45) is 5.70. The van der Waals surface area contributed by atoms with Gasteiger partial charge in [-0.25, -0.2) is 0 Å². The summed E-state index contributed by atoms with van der Waals surface area (Å²) in [5, 5.41) is 3.62. The van der Waals surface area contributed by atoms with Crippen LogP contribution in [0.4, 0.5) is 0 Å². The number of nitrogens with zero attached hydrogens (tertiary/aromatic N) is 1. The molecule has 3 nitrogen and oxygen atoms in total. The highest BCUT2D eigenvalue weighted by atomic mass is 16.5. The number of rotatable bonds is 7. The Kier molecular flexibility index (Phi) is 7.09. The normalized spacial score (nSPS) is 23.3. The van der Waals surface area contributed by atoms with E-state index >= 15 is 0 Å². The molecule has 1 rings (SSSR count). The Labute approximate surface area is 107 Å². The van der Waals surface area contributed by atoms with Gasteiger partial charge >= 0.3 is 0 Å². The second-order valence-electron chi connectivity index (χ2n) is 5.63. The molecule has 17 heavy (non-hydrogen) atoms. The first-order chi connectivity index (χ1) is 8.09. The van der Waals surface area contributed by atoms with Crippen molar-refractivity contribution in [2.45, 2.75) is 64.6 Å². The average molecular weight is 242 g/mol. The van der Waals surface area contributed by atoms with Gasteiger partial charge in [0.25, 0.3) is 0 Å². The molecule has 2 atom stereocenters. The van der Waals surface area contributed by atoms with Crippen molar-refractivity contribution in [2.24, 2.45) is 0 Å². The van der Waals surface area contributed by atoms with E-state index in [1.54, 1.807) is 0 Å². The second kappa shape index (κ2) is 8.06. The first-order valence-corrected chi connectivity index (χ1v) is 7.15. The van der Waals surface area contributed by atoms with Crippen LogP contribution >= 0.6 is 0 Å². The van der Waals surface area contributed by atoms with E-state index in [4.69, 9.17) is 4.74 Å². The van der Waals surface area contributed by atoms with Gasteiger partial charge in [0.05, 0.1) is 12.7 Å². The second-order valence-corrected chi connectivity index (χ2v) is 5.63. The van der Waals surface area contributed by atoms with E-state index in [9.17, 15) is 0 Å². The number of hydrogen-bond acceptors (Lipinski definition) is 3. The Morgan fingerprint density at radius 1 is 1.29 bits per heavy atom. The Morgan fingerprint density at radius 3 is 2.65 bits per heavy atom. The molecule has 1 fully saturated rings. The molecule has 1 heterocycles. The SMILES string of the molecule is CC(C)OCCN(C)C(C)CC1CCCCN1. The lowest BCUT2D eigenvalue weighted by molar-refractivity contribution is 0.0552. The fourth-order valence-electron chi connectivity index (χ4n) is 2.37. The Hall–Kier alpha value is -0.120. The van der Waals surface area contributed by atoms with Gasteiger partial charge in [-0.15, -0.1) is 0 Å². The summed E-state index contributed by atoms with van der Waals surface area (Å²) in [4.78, 5) is 2.42. The lowest BCUT2D eigenvalue weighted by Gasteiger charge is -2.31. The number of nitrogens with one attached hydrogen (secondary N) is 1. The molecule has 3 heteroatoms. The first kappa shape index (κ1) is 14.9. The first-order valence-electron chi connectivity index (χ1n) is 7.15. The minimum Gasteiger partial charge on any atom is -0.377 e. The highest BCUT2D eigenvalue weighted by Crippen LogP contribution is 2.14. The predicted octanol–water partition coefficient (Wildman–Crippen LogP) is 2.26. The highest BCUT2D eigenvalue weighted by Gasteiger charge is 2.18. The van der Waals surface area contributed by atoms with Crippen molar-refractivity contribution >= 4 is 0 Å². The molecule has 0 aromatic heterocycles. The van der Waals surface area contributed by atoms with E-state index in [-0.39, 0.29) is 0 Å². The largest absolute Gasteiger partial charge is 0.377 e. The van der Waals surface area contributed by atoms with Crippen molar-refractivity contribution in [2.75, 3.05) is 26.7 Å². The summed E-state index contributed by atoms with van der Waals surface area (Å²) in [5.74, 6) is 0. The molecule has 0 spiro atoms. The summed E-state index contributed by atoms with van der Waals surface area (Å²) in [5.41, 5.74) is 0. The van der Waals surface area contributed by atoms with Gasteiger partial charge in [0.15, 0.2) is 0 Å². The molecular formula is C14H30N2O. The standard InChI is InChI=1S/C14H30N2O/c1-12(2)17-10-9-16(4)13(3)11-14-7-5-6-8-15-14/h12-15H,5-11H2,1-4H3. The van der Waals surface area contributed by atoms with Crippen LogP contribution in [0, 0.1) is 0 Å². The van der Waals surface area contributed by atoms with Crippen LogP contribution in [0.15, 0.2) is 0 Å². The maximum absolute atomic E-state index is 5.60. The van der Waals surface area contributed by atoms with Gasteiger partial charge in [0.2, 0.25) is 0 Å². The van der Waals surface area contributed by atoms with Crippen LogP contribution in [0.3, 0.4) is 0 Å². The molecule has 0 saturated carbocycles. The topological polar surface area (TPSA) is 24.5 Å². The molecule has 2 unspecified atom stereocenters. The van der Waals surface area contributed by atoms with Gasteiger partial charge in [-0.2, -0.15) is 0 Å². The van der Waals surface area contributed by atoms with E-state index in [1.165, 1.54) is 32.2 Å². The number of piperidine rings is 1. The third kappa shape index (κ3) is 6.39. The minimum atomic E-state index is 0.346. The van der Waals surface area contributed by atoms with Crippen LogP contribution in [-0.2, 0) is 4.74 Å². The molecule has 0 aliphatic carbocycles. The van der Waals surface area contributed by atoms with Crippen LogP contribution < -0.4 is 5.32 Å².